The van der Waals surface area contributed by atoms with Gasteiger partial charge < -0.3 is 4.90 Å². The summed E-state index contributed by atoms with van der Waals surface area (Å²) in [5, 5.41) is 3.54. The van der Waals surface area contributed by atoms with Crippen molar-refractivity contribution in [2.75, 3.05) is 7.05 Å². The first-order valence-corrected chi connectivity index (χ1v) is 5.85. The Morgan fingerprint density at radius 2 is 2.00 bits per heavy atom. The molecule has 2 rings (SSSR count). The fourth-order valence-corrected chi connectivity index (χ4v) is 1.97. The van der Waals surface area contributed by atoms with Gasteiger partial charge in [0.15, 0.2) is 5.82 Å². The largest absolute Gasteiger partial charge is 0.438 e. The zero-order valence-corrected chi connectivity index (χ0v) is 11.1. The summed E-state index contributed by atoms with van der Waals surface area (Å²) in [6.07, 6.45) is 0. The topological polar surface area (TPSA) is 79.2 Å². The van der Waals surface area contributed by atoms with Gasteiger partial charge in [0.2, 0.25) is 0 Å². The molecule has 1 N–H and O–H groups in total. The molecule has 100 valence electrons. The number of rotatable bonds is 3. The highest BCUT2D eigenvalue weighted by atomic mass is 16.5. The first-order chi connectivity index (χ1) is 8.99. The van der Waals surface area contributed by atoms with Crippen LogP contribution in [0.1, 0.15) is 27.3 Å². The second kappa shape index (κ2) is 5.09. The van der Waals surface area contributed by atoms with Gasteiger partial charge in [-0.1, -0.05) is 23.4 Å². The highest BCUT2D eigenvalue weighted by Crippen LogP contribution is 2.15. The van der Waals surface area contributed by atoms with Crippen LogP contribution in [0, 0.1) is 13.8 Å². The third-order valence-corrected chi connectivity index (χ3v) is 2.91. The molecule has 1 amide bonds. The molecule has 1 aromatic carbocycles. The Bertz CT molecular complexity index is 637. The average Bonchev–Trinajstić information content (AvgIpc) is 2.74. The maximum absolute atomic E-state index is 12.4. The van der Waals surface area contributed by atoms with Crippen molar-refractivity contribution in [1.82, 2.24) is 15.0 Å². The van der Waals surface area contributed by atoms with Crippen molar-refractivity contribution in [2.45, 2.75) is 20.4 Å². The molecule has 0 saturated heterocycles. The van der Waals surface area contributed by atoms with Crippen molar-refractivity contribution in [3.8, 4) is 0 Å². The van der Waals surface area contributed by atoms with E-state index in [1.165, 1.54) is 4.90 Å². The van der Waals surface area contributed by atoms with Crippen LogP contribution < -0.4 is 5.76 Å². The van der Waals surface area contributed by atoms with Crippen LogP contribution in [0.25, 0.3) is 0 Å². The molecular formula is C13H15N3O3. The molecule has 0 saturated carbocycles. The molecule has 0 spiro atoms. The van der Waals surface area contributed by atoms with E-state index in [1.807, 2.05) is 32.0 Å². The summed E-state index contributed by atoms with van der Waals surface area (Å²) >= 11 is 0. The van der Waals surface area contributed by atoms with Gasteiger partial charge in [-0.15, -0.1) is 0 Å². The van der Waals surface area contributed by atoms with E-state index in [2.05, 4.69) is 14.7 Å². The number of aryl methyl sites for hydroxylation is 2. The van der Waals surface area contributed by atoms with Crippen LogP contribution in [-0.2, 0) is 6.54 Å². The quantitative estimate of drug-likeness (QED) is 0.901. The zero-order valence-electron chi connectivity index (χ0n) is 11.1. The normalized spacial score (nSPS) is 10.5. The summed E-state index contributed by atoms with van der Waals surface area (Å²) < 4.78 is 4.40. The van der Waals surface area contributed by atoms with Crippen LogP contribution in [0.5, 0.6) is 0 Å². The van der Waals surface area contributed by atoms with Crippen molar-refractivity contribution in [1.29, 1.82) is 0 Å². The van der Waals surface area contributed by atoms with Gasteiger partial charge in [0.05, 0.1) is 6.54 Å². The lowest BCUT2D eigenvalue weighted by molar-refractivity contribution is 0.0779. The molecule has 0 radical (unpaired) electrons. The Hall–Kier alpha value is -2.37. The van der Waals surface area contributed by atoms with E-state index in [1.54, 1.807) is 7.05 Å². The summed E-state index contributed by atoms with van der Waals surface area (Å²) in [4.78, 5) is 27.1. The van der Waals surface area contributed by atoms with Crippen LogP contribution in [0.15, 0.2) is 27.5 Å². The number of aromatic amines is 1. The second-order valence-electron chi connectivity index (χ2n) is 4.47. The minimum atomic E-state index is -0.622. The van der Waals surface area contributed by atoms with Crippen molar-refractivity contribution in [3.63, 3.8) is 0 Å². The standard InChI is InChI=1S/C13H15N3O3/c1-8-5-4-6-9(2)11(8)12(17)16(3)7-10-14-13(18)19-15-10/h4-6H,7H2,1-3H3,(H,14,15,18). The smallest absolute Gasteiger partial charge is 0.334 e. The third-order valence-electron chi connectivity index (χ3n) is 2.91. The van der Waals surface area contributed by atoms with Gasteiger partial charge in [0, 0.05) is 12.6 Å². The SMILES string of the molecule is Cc1cccc(C)c1C(=O)N(C)Cc1noc(=O)[nH]1. The van der Waals surface area contributed by atoms with Gasteiger partial charge in [-0.3, -0.25) is 14.3 Å². The Kier molecular flexibility index (Phi) is 3.50. The third kappa shape index (κ3) is 2.73. The van der Waals surface area contributed by atoms with Crippen LogP contribution in [-0.4, -0.2) is 28.0 Å². The Morgan fingerprint density at radius 1 is 1.37 bits per heavy atom. The molecular weight excluding hydrogens is 246 g/mol. The number of carbonyl (C=O) groups is 1. The molecule has 6 nitrogen and oxygen atoms in total. The zero-order chi connectivity index (χ0) is 14.0. The lowest BCUT2D eigenvalue weighted by atomic mass is 10.0. The van der Waals surface area contributed by atoms with Crippen LogP contribution in [0.2, 0.25) is 0 Å². The number of H-pyrrole nitrogens is 1. The molecule has 1 aromatic heterocycles. The fraction of sp³-hybridized carbons (Fsp3) is 0.308. The molecule has 0 bridgehead atoms. The first-order valence-electron chi connectivity index (χ1n) is 5.85. The molecule has 0 fully saturated rings. The fourth-order valence-electron chi connectivity index (χ4n) is 1.97. The number of aromatic nitrogens is 2. The second-order valence-corrected chi connectivity index (χ2v) is 4.47. The summed E-state index contributed by atoms with van der Waals surface area (Å²) in [7, 11) is 1.65. The van der Waals surface area contributed by atoms with Crippen LogP contribution in [0.4, 0.5) is 0 Å². The maximum Gasteiger partial charge on any atom is 0.438 e. The van der Waals surface area contributed by atoms with E-state index in [-0.39, 0.29) is 12.5 Å². The van der Waals surface area contributed by atoms with E-state index < -0.39 is 5.76 Å². The Morgan fingerprint density at radius 3 is 2.53 bits per heavy atom. The highest BCUT2D eigenvalue weighted by molar-refractivity contribution is 5.96. The van der Waals surface area contributed by atoms with E-state index in [4.69, 9.17) is 0 Å². The van der Waals surface area contributed by atoms with E-state index in [0.29, 0.717) is 11.4 Å². The van der Waals surface area contributed by atoms with Crippen molar-refractivity contribution in [2.24, 2.45) is 0 Å². The van der Waals surface area contributed by atoms with E-state index >= 15 is 0 Å². The van der Waals surface area contributed by atoms with Crippen LogP contribution in [0.3, 0.4) is 0 Å². The summed E-state index contributed by atoms with van der Waals surface area (Å²) in [5.74, 6) is -0.408. The Balaban J connectivity index is 2.22. The number of benzene rings is 1. The molecule has 0 aliphatic heterocycles. The molecule has 0 unspecified atom stereocenters. The number of hydrogen-bond acceptors (Lipinski definition) is 4. The molecule has 0 aliphatic rings. The van der Waals surface area contributed by atoms with E-state index in [0.717, 1.165) is 11.1 Å². The average molecular weight is 261 g/mol. The lowest BCUT2D eigenvalue weighted by Crippen LogP contribution is -2.28. The number of carbonyl (C=O) groups excluding carboxylic acids is 1. The molecule has 0 atom stereocenters. The van der Waals surface area contributed by atoms with Gasteiger partial charge in [0.1, 0.15) is 0 Å². The number of amides is 1. The summed E-state index contributed by atoms with van der Waals surface area (Å²) in [6, 6.07) is 5.70. The number of nitrogens with zero attached hydrogens (tertiary/aromatic N) is 2. The summed E-state index contributed by atoms with van der Waals surface area (Å²) in [6.45, 7) is 3.98. The van der Waals surface area contributed by atoms with Crippen molar-refractivity contribution >= 4 is 5.91 Å². The van der Waals surface area contributed by atoms with Gasteiger partial charge in [-0.25, -0.2) is 4.79 Å². The lowest BCUT2D eigenvalue weighted by Gasteiger charge is -2.18. The minimum absolute atomic E-state index is 0.112. The first kappa shape index (κ1) is 13.1. The van der Waals surface area contributed by atoms with Gasteiger partial charge >= 0.3 is 5.76 Å². The van der Waals surface area contributed by atoms with Gasteiger partial charge in [-0.2, -0.15) is 0 Å². The number of hydrogen-bond donors (Lipinski definition) is 1. The highest BCUT2D eigenvalue weighted by Gasteiger charge is 2.17. The van der Waals surface area contributed by atoms with E-state index in [9.17, 15) is 9.59 Å². The molecule has 19 heavy (non-hydrogen) atoms. The molecule has 2 aromatic rings. The molecule has 6 heteroatoms. The maximum atomic E-state index is 12.4. The predicted octanol–water partition coefficient (Wildman–Crippen LogP) is 1.25. The monoisotopic (exact) mass is 261 g/mol. The molecule has 1 heterocycles. The Labute approximate surface area is 110 Å². The summed E-state index contributed by atoms with van der Waals surface area (Å²) in [5.41, 5.74) is 2.52. The number of nitrogens with one attached hydrogen (secondary N) is 1. The molecule has 0 aliphatic carbocycles. The minimum Gasteiger partial charge on any atom is -0.334 e. The van der Waals surface area contributed by atoms with Crippen molar-refractivity contribution in [3.05, 3.63) is 51.3 Å². The van der Waals surface area contributed by atoms with Crippen LogP contribution >= 0.6 is 0 Å². The van der Waals surface area contributed by atoms with Gasteiger partial charge in [0.25, 0.3) is 5.91 Å². The van der Waals surface area contributed by atoms with Gasteiger partial charge in [-0.05, 0) is 25.0 Å². The van der Waals surface area contributed by atoms with Crippen molar-refractivity contribution < 1.29 is 9.32 Å². The predicted molar refractivity (Wildman–Crippen MR) is 68.8 cm³/mol.